The second-order valence-corrected chi connectivity index (χ2v) is 8.80. The lowest BCUT2D eigenvalue weighted by molar-refractivity contribution is 0.0474. The molecule has 0 saturated carbocycles. The van der Waals surface area contributed by atoms with Gasteiger partial charge in [-0.05, 0) is 54.6 Å². The molecular weight excluding hydrogens is 445 g/mol. The minimum Gasteiger partial charge on any atom is -0.454 e. The summed E-state index contributed by atoms with van der Waals surface area (Å²) in [6.45, 7) is -0.584. The number of esters is 1. The molecule has 0 heterocycles. The van der Waals surface area contributed by atoms with Crippen LogP contribution < -0.4 is 4.31 Å². The van der Waals surface area contributed by atoms with Crippen LogP contribution in [-0.4, -0.2) is 33.8 Å². The zero-order valence-electron chi connectivity index (χ0n) is 16.3. The first kappa shape index (κ1) is 22.5. The lowest BCUT2D eigenvalue weighted by Gasteiger charge is -2.20. The summed E-state index contributed by atoms with van der Waals surface area (Å²) in [5, 5.41) is -0.0679. The van der Waals surface area contributed by atoms with E-state index in [1.807, 2.05) is 0 Å². The van der Waals surface area contributed by atoms with E-state index in [1.165, 1.54) is 31.3 Å². The van der Waals surface area contributed by atoms with Crippen molar-refractivity contribution in [3.63, 3.8) is 0 Å². The third-order valence-corrected chi connectivity index (χ3v) is 6.69. The van der Waals surface area contributed by atoms with Crippen molar-refractivity contribution >= 4 is 39.1 Å². The van der Waals surface area contributed by atoms with Gasteiger partial charge in [-0.25, -0.2) is 17.6 Å². The van der Waals surface area contributed by atoms with Gasteiger partial charge in [0.05, 0.1) is 16.3 Å². The van der Waals surface area contributed by atoms with Crippen LogP contribution in [0.1, 0.15) is 20.7 Å². The number of carbonyl (C=O) groups is 2. The SMILES string of the molecule is CN(c1ccccc1)S(=O)(=O)c1cc(C(=O)OCC(=O)c2ccc(F)cc2)ccc1Cl. The van der Waals surface area contributed by atoms with E-state index in [1.54, 1.807) is 30.3 Å². The number of hydrogen-bond donors (Lipinski definition) is 0. The summed E-state index contributed by atoms with van der Waals surface area (Å²) in [6.07, 6.45) is 0. The number of ketones is 1. The number of rotatable bonds is 7. The molecule has 160 valence electrons. The highest BCUT2D eigenvalue weighted by atomic mass is 35.5. The van der Waals surface area contributed by atoms with Gasteiger partial charge < -0.3 is 4.74 Å². The minimum atomic E-state index is -4.07. The number of benzene rings is 3. The lowest BCUT2D eigenvalue weighted by atomic mass is 10.1. The number of ether oxygens (including phenoxy) is 1. The van der Waals surface area contributed by atoms with E-state index in [-0.39, 0.29) is 21.0 Å². The normalized spacial score (nSPS) is 11.1. The maximum atomic E-state index is 13.0. The van der Waals surface area contributed by atoms with E-state index in [9.17, 15) is 22.4 Å². The highest BCUT2D eigenvalue weighted by Crippen LogP contribution is 2.28. The third kappa shape index (κ3) is 5.10. The van der Waals surface area contributed by atoms with Crippen LogP contribution in [0.2, 0.25) is 5.02 Å². The van der Waals surface area contributed by atoms with Gasteiger partial charge in [-0.15, -0.1) is 0 Å². The molecule has 3 aromatic rings. The summed E-state index contributed by atoms with van der Waals surface area (Å²) in [4.78, 5) is 24.2. The van der Waals surface area contributed by atoms with Gasteiger partial charge >= 0.3 is 5.97 Å². The van der Waals surface area contributed by atoms with Crippen LogP contribution in [0.15, 0.2) is 77.7 Å². The molecule has 0 atom stereocenters. The first-order chi connectivity index (χ1) is 14.7. The smallest absolute Gasteiger partial charge is 0.338 e. The van der Waals surface area contributed by atoms with Crippen LogP contribution in [-0.2, 0) is 14.8 Å². The minimum absolute atomic E-state index is 0.0679. The molecule has 9 heteroatoms. The standard InChI is InChI=1S/C22H17ClFNO5S/c1-25(18-5-3-2-4-6-18)31(28,29)21-13-16(9-12-19(21)23)22(27)30-14-20(26)15-7-10-17(24)11-8-15/h2-13H,14H2,1H3. The van der Waals surface area contributed by atoms with Gasteiger partial charge in [-0.1, -0.05) is 29.8 Å². The van der Waals surface area contributed by atoms with E-state index >= 15 is 0 Å². The highest BCUT2D eigenvalue weighted by molar-refractivity contribution is 7.93. The fourth-order valence-corrected chi connectivity index (χ4v) is 4.38. The quantitative estimate of drug-likeness (QED) is 0.386. The maximum Gasteiger partial charge on any atom is 0.338 e. The summed E-state index contributed by atoms with van der Waals surface area (Å²) >= 11 is 6.09. The van der Waals surface area contributed by atoms with E-state index in [4.69, 9.17) is 16.3 Å². The number of para-hydroxylation sites is 1. The Bertz CT molecular complexity index is 1210. The number of Topliss-reactive ketones (excluding diaryl/α,β-unsaturated/α-hetero) is 1. The molecule has 0 aromatic heterocycles. The Balaban J connectivity index is 1.79. The summed E-state index contributed by atoms with van der Waals surface area (Å²) in [5.41, 5.74) is 0.505. The molecule has 31 heavy (non-hydrogen) atoms. The van der Waals surface area contributed by atoms with E-state index < -0.39 is 34.2 Å². The second kappa shape index (κ2) is 9.28. The van der Waals surface area contributed by atoms with Crippen molar-refractivity contribution in [2.45, 2.75) is 4.90 Å². The molecule has 0 aliphatic carbocycles. The van der Waals surface area contributed by atoms with Gasteiger partial charge in [0.25, 0.3) is 10.0 Å². The third-order valence-electron chi connectivity index (χ3n) is 4.43. The van der Waals surface area contributed by atoms with Gasteiger partial charge in [-0.2, -0.15) is 0 Å². The first-order valence-corrected chi connectivity index (χ1v) is 10.8. The molecule has 0 unspecified atom stereocenters. The molecule has 0 N–H and O–H groups in total. The van der Waals surface area contributed by atoms with E-state index in [0.717, 1.165) is 22.5 Å². The van der Waals surface area contributed by atoms with Crippen molar-refractivity contribution in [2.75, 3.05) is 18.0 Å². The first-order valence-electron chi connectivity index (χ1n) is 8.99. The Kier molecular flexibility index (Phi) is 6.72. The molecule has 0 saturated heterocycles. The fraction of sp³-hybridized carbons (Fsp3) is 0.0909. The molecule has 0 radical (unpaired) electrons. The molecule has 0 aliphatic rings. The molecule has 0 spiro atoms. The van der Waals surface area contributed by atoms with Crippen molar-refractivity contribution in [2.24, 2.45) is 0 Å². The Morgan fingerprint density at radius 1 is 0.968 bits per heavy atom. The molecular formula is C22H17ClFNO5S. The number of carbonyl (C=O) groups excluding carboxylic acids is 2. The van der Waals surface area contributed by atoms with Crippen LogP contribution in [0.25, 0.3) is 0 Å². The van der Waals surface area contributed by atoms with Crippen molar-refractivity contribution in [1.29, 1.82) is 0 Å². The predicted octanol–water partition coefficient (Wildman–Crippen LogP) is 4.34. The average molecular weight is 462 g/mol. The summed E-state index contributed by atoms with van der Waals surface area (Å²) in [6, 6.07) is 16.8. The van der Waals surface area contributed by atoms with E-state index in [0.29, 0.717) is 5.69 Å². The van der Waals surface area contributed by atoms with Crippen LogP contribution >= 0.6 is 11.6 Å². The predicted molar refractivity (Wildman–Crippen MR) is 114 cm³/mol. The molecule has 0 fully saturated rings. The van der Waals surface area contributed by atoms with Gasteiger partial charge in [0.2, 0.25) is 0 Å². The highest BCUT2D eigenvalue weighted by Gasteiger charge is 2.26. The number of hydrogen-bond acceptors (Lipinski definition) is 5. The van der Waals surface area contributed by atoms with Gasteiger partial charge in [0.15, 0.2) is 12.4 Å². The number of halogens is 2. The zero-order valence-corrected chi connectivity index (χ0v) is 17.9. The Morgan fingerprint density at radius 3 is 2.23 bits per heavy atom. The largest absolute Gasteiger partial charge is 0.454 e. The monoisotopic (exact) mass is 461 g/mol. The lowest BCUT2D eigenvalue weighted by Crippen LogP contribution is -2.27. The summed E-state index contributed by atoms with van der Waals surface area (Å²) < 4.78 is 45.0. The Labute approximate surface area is 183 Å². The van der Waals surface area contributed by atoms with Crippen molar-refractivity contribution < 1.29 is 27.1 Å². The zero-order chi connectivity index (χ0) is 22.6. The molecule has 3 rings (SSSR count). The van der Waals surface area contributed by atoms with Crippen molar-refractivity contribution in [1.82, 2.24) is 0 Å². The van der Waals surface area contributed by atoms with Crippen LogP contribution in [0, 0.1) is 5.82 Å². The number of sulfonamides is 1. The van der Waals surface area contributed by atoms with Crippen molar-refractivity contribution in [3.05, 3.63) is 94.8 Å². The molecule has 6 nitrogen and oxygen atoms in total. The van der Waals surface area contributed by atoms with Gasteiger partial charge in [0, 0.05) is 12.6 Å². The molecule has 0 amide bonds. The number of anilines is 1. The average Bonchev–Trinajstić information content (AvgIpc) is 2.78. The molecule has 0 aliphatic heterocycles. The number of nitrogens with zero attached hydrogens (tertiary/aromatic N) is 1. The maximum absolute atomic E-state index is 13.0. The van der Waals surface area contributed by atoms with Crippen LogP contribution in [0.4, 0.5) is 10.1 Å². The van der Waals surface area contributed by atoms with Crippen LogP contribution in [0.3, 0.4) is 0 Å². The molecule has 0 bridgehead atoms. The van der Waals surface area contributed by atoms with Gasteiger partial charge in [0.1, 0.15) is 10.7 Å². The fourth-order valence-electron chi connectivity index (χ4n) is 2.69. The Morgan fingerprint density at radius 2 is 1.58 bits per heavy atom. The summed E-state index contributed by atoms with van der Waals surface area (Å²) in [7, 11) is -2.70. The van der Waals surface area contributed by atoms with Crippen LogP contribution in [0.5, 0.6) is 0 Å². The topological polar surface area (TPSA) is 80.8 Å². The molecule has 3 aromatic carbocycles. The van der Waals surface area contributed by atoms with E-state index in [2.05, 4.69) is 0 Å². The summed E-state index contributed by atoms with van der Waals surface area (Å²) in [5.74, 6) is -1.92. The second-order valence-electron chi connectivity index (χ2n) is 6.46. The van der Waals surface area contributed by atoms with Gasteiger partial charge in [-0.3, -0.25) is 9.10 Å². The van der Waals surface area contributed by atoms with Crippen molar-refractivity contribution in [3.8, 4) is 0 Å². The Hall–Kier alpha value is -3.23.